The van der Waals surface area contributed by atoms with E-state index in [4.69, 9.17) is 0 Å². The summed E-state index contributed by atoms with van der Waals surface area (Å²) >= 11 is 0. The van der Waals surface area contributed by atoms with E-state index >= 15 is 0 Å². The molecule has 0 amide bonds. The van der Waals surface area contributed by atoms with E-state index in [-0.39, 0.29) is 6.04 Å². The second kappa shape index (κ2) is 8.48. The number of sulfonamides is 1. The van der Waals surface area contributed by atoms with Crippen molar-refractivity contribution < 1.29 is 8.42 Å². The second-order valence-electron chi connectivity index (χ2n) is 5.15. The molecule has 6 heteroatoms. The van der Waals surface area contributed by atoms with Crippen LogP contribution in [0.1, 0.15) is 32.4 Å². The Morgan fingerprint density at radius 3 is 2.62 bits per heavy atom. The van der Waals surface area contributed by atoms with Crippen LogP contribution in [0.25, 0.3) is 0 Å². The van der Waals surface area contributed by atoms with Gasteiger partial charge in [-0.25, -0.2) is 13.1 Å². The third-order valence-electron chi connectivity index (χ3n) is 3.50. The van der Waals surface area contributed by atoms with Crippen LogP contribution in [0.15, 0.2) is 29.2 Å². The van der Waals surface area contributed by atoms with Crippen molar-refractivity contribution in [2.24, 2.45) is 0 Å². The molecule has 0 aliphatic rings. The van der Waals surface area contributed by atoms with E-state index in [1.165, 1.54) is 0 Å². The second-order valence-corrected chi connectivity index (χ2v) is 6.91. The Balaban J connectivity index is 2.76. The zero-order valence-corrected chi connectivity index (χ0v) is 14.2. The molecule has 21 heavy (non-hydrogen) atoms. The maximum atomic E-state index is 12.3. The van der Waals surface area contributed by atoms with Crippen molar-refractivity contribution >= 4 is 10.0 Å². The minimum Gasteiger partial charge on any atom is -0.310 e. The molecule has 1 atom stereocenters. The summed E-state index contributed by atoms with van der Waals surface area (Å²) in [6.07, 6.45) is 0. The Morgan fingerprint density at radius 2 is 2.00 bits per heavy atom. The zero-order valence-electron chi connectivity index (χ0n) is 13.4. The van der Waals surface area contributed by atoms with Gasteiger partial charge in [-0.2, -0.15) is 0 Å². The molecule has 0 aliphatic heterocycles. The van der Waals surface area contributed by atoms with Gasteiger partial charge in [0.1, 0.15) is 0 Å². The summed E-state index contributed by atoms with van der Waals surface area (Å²) in [7, 11) is -1.47. The molecule has 1 rings (SSSR count). The number of nitrogens with zero attached hydrogens (tertiary/aromatic N) is 1. The minimum absolute atomic E-state index is 0.136. The van der Waals surface area contributed by atoms with Crippen LogP contribution >= 0.6 is 0 Å². The highest BCUT2D eigenvalue weighted by Gasteiger charge is 2.15. The third kappa shape index (κ3) is 5.74. The smallest absolute Gasteiger partial charge is 0.240 e. The van der Waals surface area contributed by atoms with Crippen molar-refractivity contribution in [3.63, 3.8) is 0 Å². The molecule has 5 nitrogen and oxygen atoms in total. The van der Waals surface area contributed by atoms with Crippen LogP contribution in [0.5, 0.6) is 0 Å². The molecule has 0 fully saturated rings. The first-order chi connectivity index (χ1) is 9.90. The van der Waals surface area contributed by atoms with Gasteiger partial charge in [-0.15, -0.1) is 0 Å². The monoisotopic (exact) mass is 313 g/mol. The lowest BCUT2D eigenvalue weighted by atomic mass is 10.1. The minimum atomic E-state index is -3.44. The van der Waals surface area contributed by atoms with Crippen molar-refractivity contribution in [1.82, 2.24) is 14.9 Å². The fourth-order valence-corrected chi connectivity index (χ4v) is 3.06. The first-order valence-electron chi connectivity index (χ1n) is 7.42. The molecular weight excluding hydrogens is 286 g/mol. The van der Waals surface area contributed by atoms with Crippen LogP contribution in [0, 0.1) is 0 Å². The van der Waals surface area contributed by atoms with Crippen molar-refractivity contribution in [3.8, 4) is 0 Å². The molecule has 0 aromatic heterocycles. The number of benzene rings is 1. The first-order valence-corrected chi connectivity index (χ1v) is 8.90. The molecule has 0 bridgehead atoms. The Labute approximate surface area is 128 Å². The summed E-state index contributed by atoms with van der Waals surface area (Å²) in [6.45, 7) is 8.96. The van der Waals surface area contributed by atoms with Gasteiger partial charge in [0.25, 0.3) is 0 Å². The van der Waals surface area contributed by atoms with Crippen LogP contribution < -0.4 is 10.0 Å². The zero-order chi connectivity index (χ0) is 15.9. The Hall–Kier alpha value is -0.950. The summed E-state index contributed by atoms with van der Waals surface area (Å²) in [5, 5.41) is 3.28. The van der Waals surface area contributed by atoms with Gasteiger partial charge in [0.05, 0.1) is 4.90 Å². The highest BCUT2D eigenvalue weighted by Crippen LogP contribution is 2.17. The molecule has 0 spiro atoms. The van der Waals surface area contributed by atoms with Crippen LogP contribution in [-0.4, -0.2) is 46.5 Å². The number of hydrogen-bond acceptors (Lipinski definition) is 4. The van der Waals surface area contributed by atoms with Gasteiger partial charge in [-0.1, -0.05) is 26.0 Å². The van der Waals surface area contributed by atoms with Gasteiger partial charge < -0.3 is 10.2 Å². The fraction of sp³-hybridized carbons (Fsp3) is 0.600. The maximum absolute atomic E-state index is 12.3. The summed E-state index contributed by atoms with van der Waals surface area (Å²) in [4.78, 5) is 2.38. The van der Waals surface area contributed by atoms with Gasteiger partial charge in [0.2, 0.25) is 10.0 Å². The highest BCUT2D eigenvalue weighted by atomic mass is 32.2. The predicted molar refractivity (Wildman–Crippen MR) is 86.9 cm³/mol. The van der Waals surface area contributed by atoms with Crippen molar-refractivity contribution in [3.05, 3.63) is 29.8 Å². The van der Waals surface area contributed by atoms with Crippen molar-refractivity contribution in [2.45, 2.75) is 31.7 Å². The molecule has 1 unspecified atom stereocenters. The largest absolute Gasteiger partial charge is 0.310 e. The SMILES string of the molecule is CCNC(C)c1cccc(S(=O)(=O)NCCN(C)CC)c1. The fourth-order valence-electron chi connectivity index (χ4n) is 1.99. The molecule has 0 radical (unpaired) electrons. The van der Waals surface area contributed by atoms with E-state index in [2.05, 4.69) is 14.9 Å². The molecule has 2 N–H and O–H groups in total. The predicted octanol–water partition coefficient (Wildman–Crippen LogP) is 1.59. The van der Waals surface area contributed by atoms with E-state index in [9.17, 15) is 8.42 Å². The van der Waals surface area contributed by atoms with Crippen LogP contribution in [-0.2, 0) is 10.0 Å². The maximum Gasteiger partial charge on any atom is 0.240 e. The Kier molecular flexibility index (Phi) is 7.31. The molecular formula is C15H27N3O2S. The van der Waals surface area contributed by atoms with E-state index in [1.54, 1.807) is 18.2 Å². The molecule has 1 aromatic carbocycles. The van der Waals surface area contributed by atoms with Gasteiger partial charge in [0, 0.05) is 19.1 Å². The molecule has 120 valence electrons. The number of rotatable bonds is 9. The van der Waals surface area contributed by atoms with Crippen LogP contribution in [0.3, 0.4) is 0 Å². The van der Waals surface area contributed by atoms with Gasteiger partial charge in [-0.3, -0.25) is 0 Å². The average molecular weight is 313 g/mol. The van der Waals surface area contributed by atoms with Crippen LogP contribution in [0.4, 0.5) is 0 Å². The molecule has 1 aromatic rings. The quantitative estimate of drug-likeness (QED) is 0.727. The topological polar surface area (TPSA) is 61.4 Å². The summed E-state index contributed by atoms with van der Waals surface area (Å²) in [6, 6.07) is 7.23. The average Bonchev–Trinajstić information content (AvgIpc) is 2.47. The number of hydrogen-bond donors (Lipinski definition) is 2. The van der Waals surface area contributed by atoms with Crippen molar-refractivity contribution in [2.75, 3.05) is 33.2 Å². The van der Waals surface area contributed by atoms with Crippen LogP contribution in [0.2, 0.25) is 0 Å². The van der Waals surface area contributed by atoms with Gasteiger partial charge >= 0.3 is 0 Å². The third-order valence-corrected chi connectivity index (χ3v) is 4.96. The summed E-state index contributed by atoms with van der Waals surface area (Å²) in [5.41, 5.74) is 0.977. The molecule has 0 saturated heterocycles. The van der Waals surface area contributed by atoms with E-state index in [1.807, 2.05) is 33.9 Å². The van der Waals surface area contributed by atoms with Gasteiger partial charge in [0.15, 0.2) is 0 Å². The Bertz CT molecular complexity index is 531. The molecule has 0 heterocycles. The summed E-state index contributed by atoms with van der Waals surface area (Å²) < 4.78 is 27.2. The highest BCUT2D eigenvalue weighted by molar-refractivity contribution is 7.89. The standard InChI is InChI=1S/C15H27N3O2S/c1-5-16-13(3)14-8-7-9-15(12-14)21(19,20)17-10-11-18(4)6-2/h7-9,12-13,16-17H,5-6,10-11H2,1-4H3. The number of likely N-dealkylation sites (N-methyl/N-ethyl adjacent to an activating group) is 1. The Morgan fingerprint density at radius 1 is 1.29 bits per heavy atom. The van der Waals surface area contributed by atoms with E-state index in [0.717, 1.165) is 18.7 Å². The normalized spacial score (nSPS) is 13.6. The van der Waals surface area contributed by atoms with E-state index in [0.29, 0.717) is 18.0 Å². The summed E-state index contributed by atoms with van der Waals surface area (Å²) in [5.74, 6) is 0. The lowest BCUT2D eigenvalue weighted by molar-refractivity contribution is 0.358. The molecule has 0 aliphatic carbocycles. The van der Waals surface area contributed by atoms with Crippen molar-refractivity contribution in [1.29, 1.82) is 0 Å². The first kappa shape index (κ1) is 18.1. The lowest BCUT2D eigenvalue weighted by Crippen LogP contribution is -2.33. The lowest BCUT2D eigenvalue weighted by Gasteiger charge is -2.16. The van der Waals surface area contributed by atoms with E-state index < -0.39 is 10.0 Å². The number of nitrogens with one attached hydrogen (secondary N) is 2. The molecule has 0 saturated carbocycles. The van der Waals surface area contributed by atoms with Gasteiger partial charge in [-0.05, 0) is 44.8 Å².